The number of likely N-dealkylation sites (tertiary alicyclic amines) is 1. The van der Waals surface area contributed by atoms with Crippen molar-refractivity contribution >= 4 is 29.3 Å². The second-order valence-corrected chi connectivity index (χ2v) is 5.50. The van der Waals surface area contributed by atoms with E-state index in [0.29, 0.717) is 23.8 Å². The number of nitrogens with one attached hydrogen (secondary N) is 1. The third-order valence-electron chi connectivity index (χ3n) is 3.46. The summed E-state index contributed by atoms with van der Waals surface area (Å²) in [5.41, 5.74) is 1.60. The van der Waals surface area contributed by atoms with Gasteiger partial charge in [-0.05, 0) is 37.0 Å². The van der Waals surface area contributed by atoms with Crippen molar-refractivity contribution in [1.82, 2.24) is 4.90 Å². The topological polar surface area (TPSA) is 69.6 Å². The van der Waals surface area contributed by atoms with E-state index < -0.39 is 5.97 Å². The van der Waals surface area contributed by atoms with Crippen LogP contribution in [-0.2, 0) is 4.79 Å². The molecule has 1 aliphatic heterocycles. The standard InChI is InChI=1S/C14H17ClN2O3/c1-9-2-3-11(7-12(9)15)16-14(20)17-5-4-10(8-17)6-13(18)19/h2-3,7,10H,4-6,8H2,1H3,(H,16,20)(H,18,19). The van der Waals surface area contributed by atoms with Gasteiger partial charge in [-0.25, -0.2) is 4.79 Å². The van der Waals surface area contributed by atoms with Gasteiger partial charge < -0.3 is 15.3 Å². The third kappa shape index (κ3) is 3.63. The Balaban J connectivity index is 1.92. The lowest BCUT2D eigenvalue weighted by Gasteiger charge is -2.17. The van der Waals surface area contributed by atoms with Crippen molar-refractivity contribution in [1.29, 1.82) is 0 Å². The van der Waals surface area contributed by atoms with E-state index in [1.807, 2.05) is 13.0 Å². The summed E-state index contributed by atoms with van der Waals surface area (Å²) in [5, 5.41) is 12.1. The van der Waals surface area contributed by atoms with Crippen LogP contribution in [0.3, 0.4) is 0 Å². The van der Waals surface area contributed by atoms with Crippen molar-refractivity contribution in [2.24, 2.45) is 5.92 Å². The van der Waals surface area contributed by atoms with Gasteiger partial charge in [0, 0.05) is 30.2 Å². The number of carboxylic acid groups (broad SMARTS) is 1. The number of carboxylic acids is 1. The molecule has 2 amide bonds. The lowest BCUT2D eigenvalue weighted by atomic mass is 10.1. The van der Waals surface area contributed by atoms with Gasteiger partial charge >= 0.3 is 12.0 Å². The zero-order chi connectivity index (χ0) is 14.7. The lowest BCUT2D eigenvalue weighted by Crippen LogP contribution is -2.33. The van der Waals surface area contributed by atoms with Crippen LogP contribution in [0.25, 0.3) is 0 Å². The molecule has 108 valence electrons. The van der Waals surface area contributed by atoms with Crippen LogP contribution < -0.4 is 5.32 Å². The van der Waals surface area contributed by atoms with Crippen molar-refractivity contribution < 1.29 is 14.7 Å². The molecule has 0 aromatic heterocycles. The van der Waals surface area contributed by atoms with Crippen molar-refractivity contribution in [3.8, 4) is 0 Å². The van der Waals surface area contributed by atoms with Crippen LogP contribution in [0.2, 0.25) is 5.02 Å². The highest BCUT2D eigenvalue weighted by atomic mass is 35.5. The quantitative estimate of drug-likeness (QED) is 0.901. The number of hydrogen-bond acceptors (Lipinski definition) is 2. The first-order valence-corrected chi connectivity index (χ1v) is 6.87. The number of aliphatic carboxylic acids is 1. The Hall–Kier alpha value is -1.75. The smallest absolute Gasteiger partial charge is 0.321 e. The largest absolute Gasteiger partial charge is 0.481 e. The molecule has 1 heterocycles. The van der Waals surface area contributed by atoms with Gasteiger partial charge in [0.2, 0.25) is 0 Å². The molecule has 1 aromatic carbocycles. The first-order chi connectivity index (χ1) is 9.45. The van der Waals surface area contributed by atoms with E-state index in [-0.39, 0.29) is 18.4 Å². The van der Waals surface area contributed by atoms with Crippen LogP contribution in [-0.4, -0.2) is 35.1 Å². The van der Waals surface area contributed by atoms with Crippen LogP contribution in [0.4, 0.5) is 10.5 Å². The van der Waals surface area contributed by atoms with E-state index in [1.54, 1.807) is 17.0 Å². The maximum Gasteiger partial charge on any atom is 0.321 e. The van der Waals surface area contributed by atoms with Gasteiger partial charge in [-0.3, -0.25) is 4.79 Å². The molecule has 0 spiro atoms. The van der Waals surface area contributed by atoms with Gasteiger partial charge in [0.1, 0.15) is 0 Å². The summed E-state index contributed by atoms with van der Waals surface area (Å²) in [6.07, 6.45) is 0.842. The fourth-order valence-electron chi connectivity index (χ4n) is 2.30. The van der Waals surface area contributed by atoms with Crippen LogP contribution in [0.15, 0.2) is 18.2 Å². The minimum absolute atomic E-state index is 0.0415. The predicted molar refractivity (Wildman–Crippen MR) is 77.1 cm³/mol. The minimum Gasteiger partial charge on any atom is -0.481 e. The minimum atomic E-state index is -0.817. The van der Waals surface area contributed by atoms with Crippen molar-refractivity contribution in [3.05, 3.63) is 28.8 Å². The van der Waals surface area contributed by atoms with Crippen molar-refractivity contribution in [3.63, 3.8) is 0 Å². The molecular formula is C14H17ClN2O3. The number of hydrogen-bond donors (Lipinski definition) is 2. The molecule has 0 bridgehead atoms. The number of aryl methyl sites for hydroxylation is 1. The lowest BCUT2D eigenvalue weighted by molar-refractivity contribution is -0.138. The SMILES string of the molecule is Cc1ccc(NC(=O)N2CCC(CC(=O)O)C2)cc1Cl. The van der Waals surface area contributed by atoms with Gasteiger partial charge in [0.05, 0.1) is 0 Å². The van der Waals surface area contributed by atoms with Gasteiger partial charge in [-0.15, -0.1) is 0 Å². The van der Waals surface area contributed by atoms with E-state index in [4.69, 9.17) is 16.7 Å². The molecule has 1 aromatic rings. The third-order valence-corrected chi connectivity index (χ3v) is 3.87. The predicted octanol–water partition coefficient (Wildman–Crippen LogP) is 2.98. The number of halogens is 1. The summed E-state index contributed by atoms with van der Waals surface area (Å²) in [6.45, 7) is 2.96. The first-order valence-electron chi connectivity index (χ1n) is 6.49. The highest BCUT2D eigenvalue weighted by Gasteiger charge is 2.27. The molecule has 1 saturated heterocycles. The molecule has 1 atom stereocenters. The Morgan fingerprint density at radius 3 is 2.90 bits per heavy atom. The molecule has 2 rings (SSSR count). The van der Waals surface area contributed by atoms with Gasteiger partial charge in [-0.1, -0.05) is 17.7 Å². The summed E-state index contributed by atoms with van der Waals surface area (Å²) in [7, 11) is 0. The van der Waals surface area contributed by atoms with E-state index >= 15 is 0 Å². The molecular weight excluding hydrogens is 280 g/mol. The van der Waals surface area contributed by atoms with Crippen molar-refractivity contribution in [2.75, 3.05) is 18.4 Å². The molecule has 1 unspecified atom stereocenters. The average molecular weight is 297 g/mol. The van der Waals surface area contributed by atoms with Gasteiger partial charge in [0.25, 0.3) is 0 Å². The fraction of sp³-hybridized carbons (Fsp3) is 0.429. The second-order valence-electron chi connectivity index (χ2n) is 5.09. The molecule has 6 heteroatoms. The number of anilines is 1. The first kappa shape index (κ1) is 14.7. The molecule has 5 nitrogen and oxygen atoms in total. The zero-order valence-electron chi connectivity index (χ0n) is 11.2. The van der Waals surface area contributed by atoms with Crippen molar-refractivity contribution in [2.45, 2.75) is 19.8 Å². The highest BCUT2D eigenvalue weighted by molar-refractivity contribution is 6.31. The number of nitrogens with zero attached hydrogens (tertiary/aromatic N) is 1. The van der Waals surface area contributed by atoms with Crippen LogP contribution >= 0.6 is 11.6 Å². The van der Waals surface area contributed by atoms with E-state index in [2.05, 4.69) is 5.32 Å². The number of rotatable bonds is 3. The molecule has 0 radical (unpaired) electrons. The van der Waals surface area contributed by atoms with Crippen LogP contribution in [0.5, 0.6) is 0 Å². The molecule has 2 N–H and O–H groups in total. The number of carbonyl (C=O) groups excluding carboxylic acids is 1. The van der Waals surface area contributed by atoms with Gasteiger partial charge in [0.15, 0.2) is 0 Å². The number of amides is 2. The normalized spacial score (nSPS) is 18.1. The molecule has 0 saturated carbocycles. The number of urea groups is 1. The Morgan fingerprint density at radius 1 is 1.50 bits per heavy atom. The fourth-order valence-corrected chi connectivity index (χ4v) is 2.48. The number of carbonyl (C=O) groups is 2. The van der Waals surface area contributed by atoms with Gasteiger partial charge in [-0.2, -0.15) is 0 Å². The van der Waals surface area contributed by atoms with E-state index in [1.165, 1.54) is 0 Å². The molecule has 1 fully saturated rings. The zero-order valence-corrected chi connectivity index (χ0v) is 12.0. The maximum atomic E-state index is 12.1. The maximum absolute atomic E-state index is 12.1. The van der Waals surface area contributed by atoms with E-state index in [9.17, 15) is 9.59 Å². The Morgan fingerprint density at radius 2 is 2.25 bits per heavy atom. The van der Waals surface area contributed by atoms with Crippen LogP contribution in [0, 0.1) is 12.8 Å². The monoisotopic (exact) mass is 296 g/mol. The molecule has 0 aliphatic carbocycles. The van der Waals surface area contributed by atoms with E-state index in [0.717, 1.165) is 12.0 Å². The Kier molecular flexibility index (Phi) is 4.49. The highest BCUT2D eigenvalue weighted by Crippen LogP contribution is 2.23. The average Bonchev–Trinajstić information content (AvgIpc) is 2.81. The summed E-state index contributed by atoms with van der Waals surface area (Å²) in [5.74, 6) is -0.776. The summed E-state index contributed by atoms with van der Waals surface area (Å²) < 4.78 is 0. The number of benzene rings is 1. The summed E-state index contributed by atoms with van der Waals surface area (Å²) >= 11 is 6.01. The van der Waals surface area contributed by atoms with Crippen LogP contribution in [0.1, 0.15) is 18.4 Å². The molecule has 20 heavy (non-hydrogen) atoms. The molecule has 1 aliphatic rings. The Bertz CT molecular complexity index is 533. The Labute approximate surface area is 122 Å². The second kappa shape index (κ2) is 6.13. The summed E-state index contributed by atoms with van der Waals surface area (Å²) in [6, 6.07) is 5.14. The summed E-state index contributed by atoms with van der Waals surface area (Å²) in [4.78, 5) is 24.4.